The standard InChI is InChI=1S/C11H14ClN3O3/c1-2-3-13-9(16)6-15-10-8(12)4-7(5-14-10)11(17)18/h4-5H,2-3,6H2,1H3,(H,13,16)(H,14,15)(H,17,18). The number of pyridine rings is 1. The highest BCUT2D eigenvalue weighted by atomic mass is 35.5. The van der Waals surface area contributed by atoms with E-state index in [9.17, 15) is 9.59 Å². The predicted molar refractivity (Wildman–Crippen MR) is 68.0 cm³/mol. The van der Waals surface area contributed by atoms with E-state index < -0.39 is 5.97 Å². The van der Waals surface area contributed by atoms with Gasteiger partial charge in [-0.1, -0.05) is 18.5 Å². The molecule has 0 aliphatic rings. The van der Waals surface area contributed by atoms with E-state index in [0.717, 1.165) is 6.42 Å². The van der Waals surface area contributed by atoms with Crippen molar-refractivity contribution >= 4 is 29.3 Å². The fraction of sp³-hybridized carbons (Fsp3) is 0.364. The second-order valence-corrected chi connectivity index (χ2v) is 3.97. The van der Waals surface area contributed by atoms with Gasteiger partial charge in [0.15, 0.2) is 0 Å². The average Bonchev–Trinajstić information content (AvgIpc) is 2.34. The molecule has 0 bridgehead atoms. The summed E-state index contributed by atoms with van der Waals surface area (Å²) in [7, 11) is 0. The van der Waals surface area contributed by atoms with Gasteiger partial charge in [-0.05, 0) is 12.5 Å². The van der Waals surface area contributed by atoms with Crippen molar-refractivity contribution in [3.8, 4) is 0 Å². The highest BCUT2D eigenvalue weighted by Crippen LogP contribution is 2.19. The Balaban J connectivity index is 2.58. The summed E-state index contributed by atoms with van der Waals surface area (Å²) < 4.78 is 0. The fourth-order valence-corrected chi connectivity index (χ4v) is 1.41. The lowest BCUT2D eigenvalue weighted by Crippen LogP contribution is -2.30. The number of anilines is 1. The van der Waals surface area contributed by atoms with E-state index in [1.54, 1.807) is 0 Å². The van der Waals surface area contributed by atoms with Crippen molar-refractivity contribution in [3.05, 3.63) is 22.8 Å². The SMILES string of the molecule is CCCNC(=O)CNc1ncc(C(=O)O)cc1Cl. The Bertz CT molecular complexity index is 451. The molecule has 0 radical (unpaired) electrons. The summed E-state index contributed by atoms with van der Waals surface area (Å²) in [5.41, 5.74) is 0.000912. The van der Waals surface area contributed by atoms with Gasteiger partial charge in [-0.25, -0.2) is 9.78 Å². The lowest BCUT2D eigenvalue weighted by Gasteiger charge is -2.08. The number of carbonyl (C=O) groups is 2. The van der Waals surface area contributed by atoms with E-state index in [0.29, 0.717) is 6.54 Å². The minimum absolute atomic E-state index is 0.000912. The molecule has 0 atom stereocenters. The Kier molecular flexibility index (Phi) is 5.38. The number of rotatable bonds is 6. The monoisotopic (exact) mass is 271 g/mol. The van der Waals surface area contributed by atoms with Gasteiger partial charge in [0.2, 0.25) is 5.91 Å². The maximum absolute atomic E-state index is 11.3. The molecule has 7 heteroatoms. The van der Waals surface area contributed by atoms with Crippen LogP contribution >= 0.6 is 11.6 Å². The molecular formula is C11H14ClN3O3. The first-order valence-corrected chi connectivity index (χ1v) is 5.81. The van der Waals surface area contributed by atoms with Gasteiger partial charge in [0, 0.05) is 12.7 Å². The number of aromatic nitrogens is 1. The maximum Gasteiger partial charge on any atom is 0.337 e. The van der Waals surface area contributed by atoms with Crippen LogP contribution in [-0.2, 0) is 4.79 Å². The zero-order valence-electron chi connectivity index (χ0n) is 9.86. The number of carbonyl (C=O) groups excluding carboxylic acids is 1. The molecule has 0 saturated carbocycles. The number of nitrogens with zero attached hydrogens (tertiary/aromatic N) is 1. The number of carboxylic acids is 1. The zero-order valence-corrected chi connectivity index (χ0v) is 10.6. The lowest BCUT2D eigenvalue weighted by atomic mass is 10.3. The van der Waals surface area contributed by atoms with Gasteiger partial charge in [-0.2, -0.15) is 0 Å². The van der Waals surface area contributed by atoms with Crippen LogP contribution in [-0.4, -0.2) is 35.1 Å². The molecule has 1 amide bonds. The van der Waals surface area contributed by atoms with Gasteiger partial charge in [0.25, 0.3) is 0 Å². The Labute approximate surface area is 109 Å². The van der Waals surface area contributed by atoms with Gasteiger partial charge in [0.05, 0.1) is 17.1 Å². The Morgan fingerprint density at radius 3 is 2.78 bits per heavy atom. The van der Waals surface area contributed by atoms with Crippen LogP contribution < -0.4 is 10.6 Å². The molecule has 0 unspecified atom stereocenters. The van der Waals surface area contributed by atoms with Crippen molar-refractivity contribution in [2.24, 2.45) is 0 Å². The molecule has 0 fully saturated rings. The van der Waals surface area contributed by atoms with Crippen LogP contribution in [0.2, 0.25) is 5.02 Å². The summed E-state index contributed by atoms with van der Waals surface area (Å²) in [6.45, 7) is 2.61. The van der Waals surface area contributed by atoms with Crippen LogP contribution in [0.15, 0.2) is 12.3 Å². The molecule has 98 valence electrons. The minimum Gasteiger partial charge on any atom is -0.478 e. The maximum atomic E-state index is 11.3. The second-order valence-electron chi connectivity index (χ2n) is 3.56. The molecule has 1 aromatic rings. The second kappa shape index (κ2) is 6.80. The quantitative estimate of drug-likeness (QED) is 0.727. The third-order valence-corrected chi connectivity index (χ3v) is 2.36. The average molecular weight is 272 g/mol. The molecule has 3 N–H and O–H groups in total. The first-order valence-electron chi connectivity index (χ1n) is 5.44. The number of hydrogen-bond acceptors (Lipinski definition) is 4. The van der Waals surface area contributed by atoms with Crippen molar-refractivity contribution in [2.45, 2.75) is 13.3 Å². The number of carboxylic acid groups (broad SMARTS) is 1. The van der Waals surface area contributed by atoms with E-state index in [2.05, 4.69) is 15.6 Å². The molecular weight excluding hydrogens is 258 g/mol. The van der Waals surface area contributed by atoms with E-state index in [1.165, 1.54) is 12.3 Å². The van der Waals surface area contributed by atoms with Gasteiger partial charge in [0.1, 0.15) is 5.82 Å². The molecule has 6 nitrogen and oxygen atoms in total. The van der Waals surface area contributed by atoms with E-state index in [1.807, 2.05) is 6.92 Å². The van der Waals surface area contributed by atoms with Crippen LogP contribution in [0.3, 0.4) is 0 Å². The normalized spacial score (nSPS) is 9.89. The first kappa shape index (κ1) is 14.2. The van der Waals surface area contributed by atoms with Crippen molar-refractivity contribution in [1.29, 1.82) is 0 Å². The summed E-state index contributed by atoms with van der Waals surface area (Å²) in [5, 5.41) is 14.3. The summed E-state index contributed by atoms with van der Waals surface area (Å²) in [4.78, 5) is 25.8. The highest BCUT2D eigenvalue weighted by molar-refractivity contribution is 6.33. The van der Waals surface area contributed by atoms with Gasteiger partial charge in [-0.15, -0.1) is 0 Å². The molecule has 1 heterocycles. The van der Waals surface area contributed by atoms with Crippen LogP contribution in [0.4, 0.5) is 5.82 Å². The first-order chi connectivity index (χ1) is 8.54. The molecule has 0 saturated heterocycles. The van der Waals surface area contributed by atoms with Crippen LogP contribution in [0.25, 0.3) is 0 Å². The van der Waals surface area contributed by atoms with Crippen molar-refractivity contribution in [3.63, 3.8) is 0 Å². The van der Waals surface area contributed by atoms with E-state index >= 15 is 0 Å². The number of halogens is 1. The Morgan fingerprint density at radius 2 is 2.22 bits per heavy atom. The highest BCUT2D eigenvalue weighted by Gasteiger charge is 2.09. The number of hydrogen-bond donors (Lipinski definition) is 3. The van der Waals surface area contributed by atoms with Gasteiger partial charge >= 0.3 is 5.97 Å². The molecule has 0 aromatic carbocycles. The minimum atomic E-state index is -1.10. The van der Waals surface area contributed by atoms with Crippen molar-refractivity contribution in [2.75, 3.05) is 18.4 Å². The summed E-state index contributed by atoms with van der Waals surface area (Å²) in [6.07, 6.45) is 2.04. The number of amides is 1. The topological polar surface area (TPSA) is 91.3 Å². The zero-order chi connectivity index (χ0) is 13.5. The lowest BCUT2D eigenvalue weighted by molar-refractivity contribution is -0.119. The largest absolute Gasteiger partial charge is 0.478 e. The van der Waals surface area contributed by atoms with Crippen LogP contribution in [0, 0.1) is 0 Å². The molecule has 0 aliphatic heterocycles. The molecule has 0 spiro atoms. The van der Waals surface area contributed by atoms with Crippen molar-refractivity contribution < 1.29 is 14.7 Å². The van der Waals surface area contributed by atoms with Crippen molar-refractivity contribution in [1.82, 2.24) is 10.3 Å². The Morgan fingerprint density at radius 1 is 1.50 bits per heavy atom. The third-order valence-electron chi connectivity index (χ3n) is 2.08. The molecule has 1 rings (SSSR count). The molecule has 1 aromatic heterocycles. The van der Waals surface area contributed by atoms with Crippen LogP contribution in [0.1, 0.15) is 23.7 Å². The number of nitrogens with one attached hydrogen (secondary N) is 2. The van der Waals surface area contributed by atoms with Crippen LogP contribution in [0.5, 0.6) is 0 Å². The predicted octanol–water partition coefficient (Wildman–Crippen LogP) is 1.37. The van der Waals surface area contributed by atoms with Gasteiger partial charge in [-0.3, -0.25) is 4.79 Å². The summed E-state index contributed by atoms with van der Waals surface area (Å²) in [6, 6.07) is 1.28. The van der Waals surface area contributed by atoms with E-state index in [4.69, 9.17) is 16.7 Å². The van der Waals surface area contributed by atoms with Gasteiger partial charge < -0.3 is 15.7 Å². The molecule has 18 heavy (non-hydrogen) atoms. The smallest absolute Gasteiger partial charge is 0.337 e. The number of aromatic carboxylic acids is 1. The third kappa shape index (κ3) is 4.21. The Hall–Kier alpha value is -1.82. The van der Waals surface area contributed by atoms with E-state index in [-0.39, 0.29) is 28.9 Å². The summed E-state index contributed by atoms with van der Waals surface area (Å²) in [5.74, 6) is -0.984. The fourth-order valence-electron chi connectivity index (χ4n) is 1.18. The molecule has 0 aliphatic carbocycles. The summed E-state index contributed by atoms with van der Waals surface area (Å²) >= 11 is 5.84.